The third-order valence-electron chi connectivity index (χ3n) is 8.55. The standard InChI is InChI=1S/C21H36O5/c1-11(12(2)23)13-5-6-14-18(19(13)26)15(24)9-16-20(3,4)8-7-17(25)21(14,16)10-22/h11,13-19,22,24-26H,5-10H2,1-4H3/t11-,13?,14?,15+,16?,17-,18?,19+,21-/m0/s1. The Bertz CT molecular complexity index is 547. The Labute approximate surface area is 156 Å². The average molecular weight is 369 g/mol. The molecular weight excluding hydrogens is 332 g/mol. The molecular formula is C21H36O5. The van der Waals surface area contributed by atoms with Crippen molar-refractivity contribution in [1.82, 2.24) is 0 Å². The van der Waals surface area contributed by atoms with E-state index in [0.29, 0.717) is 19.3 Å². The maximum atomic E-state index is 11.9. The third-order valence-corrected chi connectivity index (χ3v) is 8.55. The molecule has 0 heterocycles. The number of hydrogen-bond acceptors (Lipinski definition) is 5. The molecule has 0 saturated heterocycles. The first-order valence-electron chi connectivity index (χ1n) is 10.2. The van der Waals surface area contributed by atoms with Crippen LogP contribution in [-0.2, 0) is 4.79 Å². The van der Waals surface area contributed by atoms with Crippen molar-refractivity contribution < 1.29 is 25.2 Å². The highest BCUT2D eigenvalue weighted by Gasteiger charge is 2.65. The zero-order valence-corrected chi connectivity index (χ0v) is 16.6. The molecule has 0 aromatic rings. The van der Waals surface area contributed by atoms with Crippen LogP contribution in [0.15, 0.2) is 0 Å². The molecule has 3 fully saturated rings. The number of aliphatic hydroxyl groups excluding tert-OH is 4. The van der Waals surface area contributed by atoms with Gasteiger partial charge >= 0.3 is 0 Å². The fourth-order valence-corrected chi connectivity index (χ4v) is 6.92. The summed E-state index contributed by atoms with van der Waals surface area (Å²) in [5.74, 6) is -0.831. The van der Waals surface area contributed by atoms with Gasteiger partial charge in [-0.1, -0.05) is 20.8 Å². The minimum absolute atomic E-state index is 0.0222. The number of carbonyl (C=O) groups excluding carboxylic acids is 1. The molecule has 0 aromatic heterocycles. The van der Waals surface area contributed by atoms with Gasteiger partial charge in [0, 0.05) is 17.3 Å². The van der Waals surface area contributed by atoms with Gasteiger partial charge in [0.15, 0.2) is 0 Å². The first-order chi connectivity index (χ1) is 12.1. The van der Waals surface area contributed by atoms with E-state index in [1.807, 2.05) is 6.92 Å². The van der Waals surface area contributed by atoms with Gasteiger partial charge in [-0.3, -0.25) is 4.79 Å². The van der Waals surface area contributed by atoms with E-state index < -0.39 is 23.7 Å². The van der Waals surface area contributed by atoms with Gasteiger partial charge in [0.25, 0.3) is 0 Å². The summed E-state index contributed by atoms with van der Waals surface area (Å²) in [5, 5.41) is 43.5. The molecule has 4 N–H and O–H groups in total. The average Bonchev–Trinajstić information content (AvgIpc) is 2.58. The molecule has 150 valence electrons. The van der Waals surface area contributed by atoms with Crippen LogP contribution in [0.3, 0.4) is 0 Å². The van der Waals surface area contributed by atoms with E-state index in [1.54, 1.807) is 6.92 Å². The molecule has 0 radical (unpaired) electrons. The molecule has 0 spiro atoms. The lowest BCUT2D eigenvalue weighted by atomic mass is 9.41. The monoisotopic (exact) mass is 368 g/mol. The number of fused-ring (bicyclic) bond motifs is 3. The van der Waals surface area contributed by atoms with Crippen LogP contribution in [0.25, 0.3) is 0 Å². The molecule has 5 nitrogen and oxygen atoms in total. The highest BCUT2D eigenvalue weighted by molar-refractivity contribution is 5.78. The summed E-state index contributed by atoms with van der Waals surface area (Å²) in [6.07, 6.45) is 1.38. The predicted molar refractivity (Wildman–Crippen MR) is 98.2 cm³/mol. The number of ketones is 1. The van der Waals surface area contributed by atoms with Crippen LogP contribution in [0.5, 0.6) is 0 Å². The van der Waals surface area contributed by atoms with Crippen LogP contribution in [0, 0.1) is 40.4 Å². The molecule has 3 aliphatic carbocycles. The van der Waals surface area contributed by atoms with E-state index in [9.17, 15) is 25.2 Å². The maximum absolute atomic E-state index is 11.9. The van der Waals surface area contributed by atoms with Crippen molar-refractivity contribution in [3.63, 3.8) is 0 Å². The molecule has 3 aliphatic rings. The van der Waals surface area contributed by atoms with E-state index in [-0.39, 0.29) is 47.4 Å². The number of rotatable bonds is 3. The minimum atomic E-state index is -0.774. The molecule has 9 atom stereocenters. The van der Waals surface area contributed by atoms with Gasteiger partial charge in [0.2, 0.25) is 0 Å². The molecule has 0 aromatic carbocycles. The summed E-state index contributed by atoms with van der Waals surface area (Å²) in [4.78, 5) is 11.9. The quantitative estimate of drug-likeness (QED) is 0.608. The smallest absolute Gasteiger partial charge is 0.133 e. The predicted octanol–water partition coefficient (Wildman–Crippen LogP) is 1.76. The maximum Gasteiger partial charge on any atom is 0.133 e. The highest BCUT2D eigenvalue weighted by atomic mass is 16.3. The molecule has 4 unspecified atom stereocenters. The molecule has 3 saturated carbocycles. The van der Waals surface area contributed by atoms with Gasteiger partial charge in [-0.25, -0.2) is 0 Å². The van der Waals surface area contributed by atoms with Crippen LogP contribution >= 0.6 is 0 Å². The van der Waals surface area contributed by atoms with Crippen LogP contribution in [0.2, 0.25) is 0 Å². The molecule has 0 bridgehead atoms. The summed E-state index contributed by atoms with van der Waals surface area (Å²) in [7, 11) is 0. The molecule has 3 rings (SSSR count). The fourth-order valence-electron chi connectivity index (χ4n) is 6.92. The second-order valence-electron chi connectivity index (χ2n) is 9.98. The topological polar surface area (TPSA) is 98.0 Å². The normalized spacial score (nSPS) is 49.0. The van der Waals surface area contributed by atoms with E-state index >= 15 is 0 Å². The Morgan fingerprint density at radius 3 is 2.38 bits per heavy atom. The van der Waals surface area contributed by atoms with Crippen molar-refractivity contribution >= 4 is 5.78 Å². The molecule has 26 heavy (non-hydrogen) atoms. The number of carbonyl (C=O) groups is 1. The van der Waals surface area contributed by atoms with Crippen LogP contribution in [0.4, 0.5) is 0 Å². The molecule has 0 amide bonds. The highest BCUT2D eigenvalue weighted by Crippen LogP contribution is 2.64. The van der Waals surface area contributed by atoms with Crippen molar-refractivity contribution in [3.8, 4) is 0 Å². The van der Waals surface area contributed by atoms with Gasteiger partial charge in [-0.15, -0.1) is 0 Å². The van der Waals surface area contributed by atoms with E-state index in [2.05, 4.69) is 13.8 Å². The summed E-state index contributed by atoms with van der Waals surface area (Å²) in [6, 6.07) is 0. The van der Waals surface area contributed by atoms with Crippen molar-refractivity contribution in [2.75, 3.05) is 6.61 Å². The van der Waals surface area contributed by atoms with E-state index in [1.165, 1.54) is 0 Å². The second-order valence-corrected chi connectivity index (χ2v) is 9.98. The molecule has 0 aliphatic heterocycles. The lowest BCUT2D eigenvalue weighted by molar-refractivity contribution is -0.249. The Balaban J connectivity index is 1.99. The Kier molecular flexibility index (Phi) is 5.33. The number of aliphatic hydroxyl groups is 4. The second kappa shape index (κ2) is 6.84. The summed E-state index contributed by atoms with van der Waals surface area (Å²) >= 11 is 0. The summed E-state index contributed by atoms with van der Waals surface area (Å²) in [5.41, 5.74) is -0.737. The van der Waals surface area contributed by atoms with E-state index in [4.69, 9.17) is 0 Å². The summed E-state index contributed by atoms with van der Waals surface area (Å²) in [6.45, 7) is 7.63. The molecule has 5 heteroatoms. The van der Waals surface area contributed by atoms with Gasteiger partial charge in [0.05, 0.1) is 24.9 Å². The fraction of sp³-hybridized carbons (Fsp3) is 0.952. The van der Waals surface area contributed by atoms with E-state index in [0.717, 1.165) is 12.8 Å². The first-order valence-corrected chi connectivity index (χ1v) is 10.2. The van der Waals surface area contributed by atoms with Crippen LogP contribution in [0.1, 0.15) is 59.8 Å². The first kappa shape index (κ1) is 20.2. The Morgan fingerprint density at radius 2 is 1.81 bits per heavy atom. The van der Waals surface area contributed by atoms with Crippen LogP contribution < -0.4 is 0 Å². The van der Waals surface area contributed by atoms with Crippen LogP contribution in [-0.4, -0.2) is 51.1 Å². The number of hydrogen-bond donors (Lipinski definition) is 4. The van der Waals surface area contributed by atoms with Gasteiger partial charge in [0.1, 0.15) is 5.78 Å². The Hall–Kier alpha value is -0.490. The summed E-state index contributed by atoms with van der Waals surface area (Å²) < 4.78 is 0. The van der Waals surface area contributed by atoms with Crippen molar-refractivity contribution in [2.24, 2.45) is 40.4 Å². The zero-order chi connectivity index (χ0) is 19.4. The van der Waals surface area contributed by atoms with Gasteiger partial charge in [-0.2, -0.15) is 0 Å². The number of Topliss-reactive ketones (excluding diaryl/α,β-unsaturated/α-hetero) is 1. The van der Waals surface area contributed by atoms with Crippen molar-refractivity contribution in [1.29, 1.82) is 0 Å². The van der Waals surface area contributed by atoms with Crippen molar-refractivity contribution in [2.45, 2.75) is 78.1 Å². The Morgan fingerprint density at radius 1 is 1.15 bits per heavy atom. The van der Waals surface area contributed by atoms with Gasteiger partial charge in [-0.05, 0) is 62.2 Å². The van der Waals surface area contributed by atoms with Gasteiger partial charge < -0.3 is 20.4 Å². The minimum Gasteiger partial charge on any atom is -0.396 e. The SMILES string of the molecule is CC(=O)[C@H](C)C1CCC2C([C@@H]1O)[C@H](O)CC1C(C)(C)CC[C@H](O)[C@@]21CO. The zero-order valence-electron chi connectivity index (χ0n) is 16.6. The third kappa shape index (κ3) is 2.78. The van der Waals surface area contributed by atoms with Crippen molar-refractivity contribution in [3.05, 3.63) is 0 Å². The lowest BCUT2D eigenvalue weighted by Crippen LogP contribution is -2.67. The lowest BCUT2D eigenvalue weighted by Gasteiger charge is -2.65. The largest absolute Gasteiger partial charge is 0.396 e.